The first kappa shape index (κ1) is 16.3. The lowest BCUT2D eigenvalue weighted by atomic mass is 10.1. The molecule has 1 aromatic heterocycles. The Balaban J connectivity index is 2.61. The minimum Gasteiger partial charge on any atom is -0.493 e. The Morgan fingerprint density at radius 2 is 2.09 bits per heavy atom. The van der Waals surface area contributed by atoms with Crippen LogP contribution in [0.3, 0.4) is 0 Å². The number of nitrogens with zero attached hydrogens (tertiary/aromatic N) is 2. The number of oxazole rings is 1. The average Bonchev–Trinajstić information content (AvgIpc) is 3.03. The Morgan fingerprint density at radius 3 is 2.65 bits per heavy atom. The Hall–Kier alpha value is -3.10. The van der Waals surface area contributed by atoms with E-state index in [0.29, 0.717) is 0 Å². The van der Waals surface area contributed by atoms with Gasteiger partial charge in [-0.25, -0.2) is 9.78 Å². The second kappa shape index (κ2) is 6.77. The van der Waals surface area contributed by atoms with E-state index < -0.39 is 10.9 Å². The van der Waals surface area contributed by atoms with Gasteiger partial charge in [0.2, 0.25) is 5.75 Å². The van der Waals surface area contributed by atoms with Crippen LogP contribution in [-0.4, -0.2) is 36.7 Å². The van der Waals surface area contributed by atoms with Crippen molar-refractivity contribution in [3.8, 4) is 22.8 Å². The zero-order chi connectivity index (χ0) is 17.0. The van der Waals surface area contributed by atoms with Crippen molar-refractivity contribution in [3.05, 3.63) is 34.3 Å². The number of carbonyl (C=O) groups excluding carboxylic acids is 1. The normalized spacial score (nSPS) is 10.2. The van der Waals surface area contributed by atoms with Crippen LogP contribution in [0.15, 0.2) is 22.9 Å². The summed E-state index contributed by atoms with van der Waals surface area (Å²) >= 11 is 0. The average molecular weight is 322 g/mol. The third-order valence-corrected chi connectivity index (χ3v) is 2.95. The van der Waals surface area contributed by atoms with E-state index in [-0.39, 0.29) is 40.8 Å². The fraction of sp³-hybridized carbons (Fsp3) is 0.286. The first-order valence-corrected chi connectivity index (χ1v) is 6.54. The van der Waals surface area contributed by atoms with Crippen molar-refractivity contribution in [1.82, 2.24) is 4.98 Å². The smallest absolute Gasteiger partial charge is 0.360 e. The van der Waals surface area contributed by atoms with Gasteiger partial charge >= 0.3 is 11.7 Å². The molecule has 0 N–H and O–H groups in total. The molecule has 0 atom stereocenters. The Labute approximate surface area is 130 Å². The zero-order valence-corrected chi connectivity index (χ0v) is 12.7. The van der Waals surface area contributed by atoms with Gasteiger partial charge in [0.15, 0.2) is 23.6 Å². The maximum atomic E-state index is 11.9. The standard InChI is InChI=1S/C14H14N2O7/c1-4-22-14(17)11-12(23-7-15-11)8-5-9(16(18)19)13(21-3)10(6-8)20-2/h5-7H,4H2,1-3H3. The number of methoxy groups -OCH3 is 2. The highest BCUT2D eigenvalue weighted by Crippen LogP contribution is 2.41. The summed E-state index contributed by atoms with van der Waals surface area (Å²) < 4.78 is 20.2. The van der Waals surface area contributed by atoms with Crippen LogP contribution in [0, 0.1) is 10.1 Å². The molecule has 0 spiro atoms. The molecule has 23 heavy (non-hydrogen) atoms. The van der Waals surface area contributed by atoms with Gasteiger partial charge in [0.05, 0.1) is 25.7 Å². The van der Waals surface area contributed by atoms with E-state index in [1.54, 1.807) is 6.92 Å². The van der Waals surface area contributed by atoms with Crippen LogP contribution in [0.5, 0.6) is 11.5 Å². The summed E-state index contributed by atoms with van der Waals surface area (Å²) in [6.07, 6.45) is 1.06. The number of ether oxygens (including phenoxy) is 3. The number of esters is 1. The quantitative estimate of drug-likeness (QED) is 0.452. The van der Waals surface area contributed by atoms with Crippen LogP contribution in [-0.2, 0) is 4.74 Å². The fourth-order valence-corrected chi connectivity index (χ4v) is 2.01. The molecule has 0 aliphatic heterocycles. The van der Waals surface area contributed by atoms with Gasteiger partial charge in [-0.3, -0.25) is 10.1 Å². The minimum absolute atomic E-state index is 0.0292. The maximum Gasteiger partial charge on any atom is 0.360 e. The van der Waals surface area contributed by atoms with Crippen LogP contribution in [0.1, 0.15) is 17.4 Å². The molecule has 9 heteroatoms. The minimum atomic E-state index is -0.686. The lowest BCUT2D eigenvalue weighted by molar-refractivity contribution is -0.385. The third-order valence-electron chi connectivity index (χ3n) is 2.95. The molecule has 1 aromatic carbocycles. The van der Waals surface area contributed by atoms with Gasteiger partial charge in [-0.05, 0) is 13.0 Å². The number of nitro groups is 1. The molecule has 0 saturated heterocycles. The molecule has 1 heterocycles. The largest absolute Gasteiger partial charge is 0.493 e. The molecule has 0 aliphatic rings. The van der Waals surface area contributed by atoms with Gasteiger partial charge in [0.1, 0.15) is 0 Å². The van der Waals surface area contributed by atoms with E-state index in [1.165, 1.54) is 26.4 Å². The molecule has 0 amide bonds. The predicted molar refractivity (Wildman–Crippen MR) is 77.7 cm³/mol. The summed E-state index contributed by atoms with van der Waals surface area (Å²) in [5.41, 5.74) is -0.156. The van der Waals surface area contributed by atoms with Crippen molar-refractivity contribution in [2.45, 2.75) is 6.92 Å². The molecule has 2 aromatic rings. The van der Waals surface area contributed by atoms with Crippen LogP contribution < -0.4 is 9.47 Å². The summed E-state index contributed by atoms with van der Waals surface area (Å²) in [5.74, 6) is -0.539. The highest BCUT2D eigenvalue weighted by Gasteiger charge is 2.26. The molecular formula is C14H14N2O7. The molecule has 0 unspecified atom stereocenters. The van der Waals surface area contributed by atoms with Gasteiger partial charge in [-0.15, -0.1) is 0 Å². The van der Waals surface area contributed by atoms with Crippen LogP contribution in [0.25, 0.3) is 11.3 Å². The van der Waals surface area contributed by atoms with Gasteiger partial charge in [0.25, 0.3) is 0 Å². The number of aromatic nitrogens is 1. The molecule has 9 nitrogen and oxygen atoms in total. The number of hydrogen-bond donors (Lipinski definition) is 0. The summed E-state index contributed by atoms with van der Waals surface area (Å²) in [5, 5.41) is 11.2. The Morgan fingerprint density at radius 1 is 1.35 bits per heavy atom. The van der Waals surface area contributed by atoms with Crippen molar-refractivity contribution in [2.24, 2.45) is 0 Å². The van der Waals surface area contributed by atoms with Crippen molar-refractivity contribution in [3.63, 3.8) is 0 Å². The number of hydrogen-bond acceptors (Lipinski definition) is 8. The van der Waals surface area contributed by atoms with Gasteiger partial charge in [-0.2, -0.15) is 0 Å². The van der Waals surface area contributed by atoms with Crippen LogP contribution >= 0.6 is 0 Å². The molecule has 0 fully saturated rings. The first-order valence-electron chi connectivity index (χ1n) is 6.54. The molecule has 2 rings (SSSR count). The number of rotatable bonds is 6. The van der Waals surface area contributed by atoms with E-state index >= 15 is 0 Å². The van der Waals surface area contributed by atoms with E-state index in [2.05, 4.69) is 4.98 Å². The second-order valence-corrected chi connectivity index (χ2v) is 4.24. The molecule has 122 valence electrons. The Kier molecular flexibility index (Phi) is 4.79. The van der Waals surface area contributed by atoms with Crippen molar-refractivity contribution in [2.75, 3.05) is 20.8 Å². The van der Waals surface area contributed by atoms with E-state index in [1.807, 2.05) is 0 Å². The van der Waals surface area contributed by atoms with E-state index in [0.717, 1.165) is 6.39 Å². The predicted octanol–water partition coefficient (Wildman–Crippen LogP) is 2.44. The summed E-state index contributed by atoms with van der Waals surface area (Å²) in [4.78, 5) is 26.3. The number of carbonyl (C=O) groups is 1. The summed E-state index contributed by atoms with van der Waals surface area (Å²) in [6, 6.07) is 2.67. The molecule has 0 aliphatic carbocycles. The highest BCUT2D eigenvalue weighted by atomic mass is 16.6. The maximum absolute atomic E-state index is 11.9. The van der Waals surface area contributed by atoms with Crippen LogP contribution in [0.2, 0.25) is 0 Å². The number of benzene rings is 1. The molecule has 0 bridgehead atoms. The summed E-state index contributed by atoms with van der Waals surface area (Å²) in [6.45, 7) is 1.82. The monoisotopic (exact) mass is 322 g/mol. The van der Waals surface area contributed by atoms with Gasteiger partial charge < -0.3 is 18.6 Å². The highest BCUT2D eigenvalue weighted by molar-refractivity contribution is 5.94. The SMILES string of the molecule is CCOC(=O)c1ncoc1-c1cc(OC)c(OC)c([N+](=O)[O-])c1. The van der Waals surface area contributed by atoms with Crippen molar-refractivity contribution >= 4 is 11.7 Å². The summed E-state index contributed by atoms with van der Waals surface area (Å²) in [7, 11) is 2.64. The van der Waals surface area contributed by atoms with E-state index in [4.69, 9.17) is 18.6 Å². The molecule has 0 saturated carbocycles. The Bertz CT molecular complexity index is 739. The topological polar surface area (TPSA) is 114 Å². The second-order valence-electron chi connectivity index (χ2n) is 4.24. The molecular weight excluding hydrogens is 308 g/mol. The fourth-order valence-electron chi connectivity index (χ4n) is 2.01. The van der Waals surface area contributed by atoms with Gasteiger partial charge in [-0.1, -0.05) is 0 Å². The lowest BCUT2D eigenvalue weighted by Crippen LogP contribution is -2.06. The third kappa shape index (κ3) is 3.07. The molecule has 0 radical (unpaired) electrons. The van der Waals surface area contributed by atoms with Crippen LogP contribution in [0.4, 0.5) is 5.69 Å². The first-order chi connectivity index (χ1) is 11.0. The van der Waals surface area contributed by atoms with E-state index in [9.17, 15) is 14.9 Å². The zero-order valence-electron chi connectivity index (χ0n) is 12.7. The van der Waals surface area contributed by atoms with Gasteiger partial charge in [0, 0.05) is 11.6 Å². The number of nitro benzene ring substituents is 1. The van der Waals surface area contributed by atoms with Crippen molar-refractivity contribution in [1.29, 1.82) is 0 Å². The lowest BCUT2D eigenvalue weighted by Gasteiger charge is -2.09. The van der Waals surface area contributed by atoms with Crippen molar-refractivity contribution < 1.29 is 28.3 Å².